The van der Waals surface area contributed by atoms with Gasteiger partial charge in [-0.3, -0.25) is 9.78 Å². The fourth-order valence-electron chi connectivity index (χ4n) is 3.69. The minimum atomic E-state index is -1.01. The molecule has 0 aliphatic carbocycles. The summed E-state index contributed by atoms with van der Waals surface area (Å²) in [5, 5.41) is 0.908. The lowest BCUT2D eigenvalue weighted by molar-refractivity contribution is -0.134. The number of carbonyl (C=O) groups excluding carboxylic acids is 1. The molecule has 4 aromatic rings. The topological polar surface area (TPSA) is 39.2 Å². The SMILES string of the molecule is O=C(CCCCCc1ccc(-c2ccc(F)c(F)c2)c(F)c1)Oc1ccc2ncccc2c1. The summed E-state index contributed by atoms with van der Waals surface area (Å²) in [6.45, 7) is 0. The summed E-state index contributed by atoms with van der Waals surface area (Å²) in [5.74, 6) is -2.24. The third kappa shape index (κ3) is 5.77. The van der Waals surface area contributed by atoms with Gasteiger partial charge in [-0.15, -0.1) is 0 Å². The summed E-state index contributed by atoms with van der Waals surface area (Å²) in [7, 11) is 0. The fraction of sp³-hybridized carbons (Fsp3) is 0.185. The van der Waals surface area contributed by atoms with E-state index in [1.165, 1.54) is 12.1 Å². The predicted molar refractivity (Wildman–Crippen MR) is 121 cm³/mol. The summed E-state index contributed by atoms with van der Waals surface area (Å²) in [4.78, 5) is 16.3. The molecule has 3 nitrogen and oxygen atoms in total. The normalized spacial score (nSPS) is 11.0. The van der Waals surface area contributed by atoms with Crippen LogP contribution in [0.5, 0.6) is 5.75 Å². The first-order valence-electron chi connectivity index (χ1n) is 10.8. The highest BCUT2D eigenvalue weighted by Gasteiger charge is 2.10. The maximum atomic E-state index is 14.5. The zero-order valence-corrected chi connectivity index (χ0v) is 17.9. The number of hydrogen-bond acceptors (Lipinski definition) is 3. The Bertz CT molecular complexity index is 1290. The van der Waals surface area contributed by atoms with Gasteiger partial charge in [0.2, 0.25) is 0 Å². The Labute approximate surface area is 189 Å². The Kier molecular flexibility index (Phi) is 7.03. The van der Waals surface area contributed by atoms with Crippen molar-refractivity contribution in [3.05, 3.63) is 95.9 Å². The third-order valence-electron chi connectivity index (χ3n) is 5.42. The number of benzene rings is 3. The van der Waals surface area contributed by atoms with Crippen molar-refractivity contribution in [2.75, 3.05) is 0 Å². The molecule has 0 amide bonds. The quantitative estimate of drug-likeness (QED) is 0.165. The zero-order valence-electron chi connectivity index (χ0n) is 17.9. The second kappa shape index (κ2) is 10.3. The molecule has 33 heavy (non-hydrogen) atoms. The van der Waals surface area contributed by atoms with Crippen LogP contribution in [-0.4, -0.2) is 11.0 Å². The molecular weight excluding hydrogens is 427 g/mol. The lowest BCUT2D eigenvalue weighted by Crippen LogP contribution is -2.07. The van der Waals surface area contributed by atoms with E-state index in [4.69, 9.17) is 4.74 Å². The van der Waals surface area contributed by atoms with Crippen molar-refractivity contribution in [2.24, 2.45) is 0 Å². The van der Waals surface area contributed by atoms with Crippen LogP contribution in [0.15, 0.2) is 72.9 Å². The Balaban J connectivity index is 1.22. The minimum absolute atomic E-state index is 0.227. The van der Waals surface area contributed by atoms with Crippen LogP contribution < -0.4 is 4.74 Å². The second-order valence-electron chi connectivity index (χ2n) is 7.84. The average Bonchev–Trinajstić information content (AvgIpc) is 2.81. The van der Waals surface area contributed by atoms with Crippen molar-refractivity contribution in [2.45, 2.75) is 32.1 Å². The van der Waals surface area contributed by atoms with E-state index in [1.54, 1.807) is 30.5 Å². The number of aryl methyl sites for hydroxylation is 1. The minimum Gasteiger partial charge on any atom is -0.427 e. The van der Waals surface area contributed by atoms with Gasteiger partial charge >= 0.3 is 5.97 Å². The standard InChI is InChI=1S/C27H22F3NO2/c28-23-12-9-19(17-25(23)30)22-11-8-18(15-24(22)29)5-2-1-3-7-27(32)33-21-10-13-26-20(16-21)6-4-14-31-26/h4,6,8-17H,1-3,5,7H2. The number of aromatic nitrogens is 1. The number of unbranched alkanes of at least 4 members (excludes halogenated alkanes) is 2. The van der Waals surface area contributed by atoms with Gasteiger partial charge in [-0.25, -0.2) is 13.2 Å². The molecular formula is C27H22F3NO2. The molecule has 168 valence electrons. The Morgan fingerprint density at radius 1 is 0.818 bits per heavy atom. The number of ether oxygens (including phenoxy) is 1. The maximum absolute atomic E-state index is 14.5. The number of carbonyl (C=O) groups is 1. The smallest absolute Gasteiger partial charge is 0.311 e. The number of nitrogens with zero attached hydrogens (tertiary/aromatic N) is 1. The van der Waals surface area contributed by atoms with Gasteiger partial charge in [0.15, 0.2) is 11.6 Å². The van der Waals surface area contributed by atoms with Gasteiger partial charge in [0.05, 0.1) is 5.52 Å². The van der Waals surface area contributed by atoms with Gasteiger partial charge < -0.3 is 4.74 Å². The first-order chi connectivity index (χ1) is 16.0. The molecule has 1 heterocycles. The van der Waals surface area contributed by atoms with Gasteiger partial charge in [-0.2, -0.15) is 0 Å². The molecule has 0 unspecified atom stereocenters. The largest absolute Gasteiger partial charge is 0.427 e. The Morgan fingerprint density at radius 2 is 1.70 bits per heavy atom. The summed E-state index contributed by atoms with van der Waals surface area (Å²) in [6.07, 6.45) is 4.92. The summed E-state index contributed by atoms with van der Waals surface area (Å²) in [6, 6.07) is 17.2. The van der Waals surface area contributed by atoms with Gasteiger partial charge in [0, 0.05) is 23.6 Å². The summed E-state index contributed by atoms with van der Waals surface area (Å²) in [5.41, 5.74) is 2.17. The molecule has 6 heteroatoms. The number of hydrogen-bond donors (Lipinski definition) is 0. The van der Waals surface area contributed by atoms with E-state index in [0.717, 1.165) is 41.4 Å². The molecule has 0 aliphatic heterocycles. The molecule has 4 rings (SSSR count). The molecule has 0 saturated heterocycles. The molecule has 0 fully saturated rings. The molecule has 0 saturated carbocycles. The third-order valence-corrected chi connectivity index (χ3v) is 5.42. The number of esters is 1. The van der Waals surface area contributed by atoms with Crippen LogP contribution in [0.25, 0.3) is 22.0 Å². The number of pyridine rings is 1. The highest BCUT2D eigenvalue weighted by Crippen LogP contribution is 2.26. The summed E-state index contributed by atoms with van der Waals surface area (Å²) >= 11 is 0. The first-order valence-corrected chi connectivity index (χ1v) is 10.8. The number of halogens is 3. The van der Waals surface area contributed by atoms with Crippen molar-refractivity contribution < 1.29 is 22.7 Å². The molecule has 0 bridgehead atoms. The Hall–Kier alpha value is -3.67. The van der Waals surface area contributed by atoms with Gasteiger partial charge in [-0.05, 0) is 72.9 Å². The van der Waals surface area contributed by atoms with Crippen molar-refractivity contribution in [3.8, 4) is 16.9 Å². The molecule has 1 aromatic heterocycles. The van der Waals surface area contributed by atoms with Crippen molar-refractivity contribution >= 4 is 16.9 Å². The fourth-order valence-corrected chi connectivity index (χ4v) is 3.69. The van der Waals surface area contributed by atoms with E-state index in [0.29, 0.717) is 30.6 Å². The van der Waals surface area contributed by atoms with Crippen LogP contribution in [0.1, 0.15) is 31.2 Å². The van der Waals surface area contributed by atoms with Crippen LogP contribution in [0.4, 0.5) is 13.2 Å². The molecule has 3 aromatic carbocycles. The highest BCUT2D eigenvalue weighted by molar-refractivity contribution is 5.81. The molecule has 0 aliphatic rings. The maximum Gasteiger partial charge on any atom is 0.311 e. The molecule has 0 radical (unpaired) electrons. The monoisotopic (exact) mass is 449 g/mol. The van der Waals surface area contributed by atoms with Crippen LogP contribution >= 0.6 is 0 Å². The molecule has 0 atom stereocenters. The van der Waals surface area contributed by atoms with E-state index < -0.39 is 17.5 Å². The van der Waals surface area contributed by atoms with Crippen LogP contribution in [0.3, 0.4) is 0 Å². The van der Waals surface area contributed by atoms with E-state index in [2.05, 4.69) is 4.98 Å². The van der Waals surface area contributed by atoms with Gasteiger partial charge in [-0.1, -0.05) is 30.7 Å². The van der Waals surface area contributed by atoms with Crippen molar-refractivity contribution in [3.63, 3.8) is 0 Å². The second-order valence-corrected chi connectivity index (χ2v) is 7.84. The average molecular weight is 449 g/mol. The molecule has 0 N–H and O–H groups in total. The lowest BCUT2D eigenvalue weighted by Gasteiger charge is -2.08. The van der Waals surface area contributed by atoms with Crippen molar-refractivity contribution in [1.82, 2.24) is 4.98 Å². The van der Waals surface area contributed by atoms with Gasteiger partial charge in [0.1, 0.15) is 11.6 Å². The van der Waals surface area contributed by atoms with E-state index in [-0.39, 0.29) is 11.5 Å². The van der Waals surface area contributed by atoms with Crippen LogP contribution in [-0.2, 0) is 11.2 Å². The number of rotatable bonds is 8. The highest BCUT2D eigenvalue weighted by atomic mass is 19.2. The summed E-state index contributed by atoms with van der Waals surface area (Å²) < 4.78 is 46.4. The lowest BCUT2D eigenvalue weighted by atomic mass is 10.00. The van der Waals surface area contributed by atoms with Crippen LogP contribution in [0, 0.1) is 17.5 Å². The predicted octanol–water partition coefficient (Wildman–Crippen LogP) is 7.03. The van der Waals surface area contributed by atoms with Crippen molar-refractivity contribution in [1.29, 1.82) is 0 Å². The van der Waals surface area contributed by atoms with Crippen LogP contribution in [0.2, 0.25) is 0 Å². The van der Waals surface area contributed by atoms with Gasteiger partial charge in [0.25, 0.3) is 0 Å². The van der Waals surface area contributed by atoms with E-state index in [1.807, 2.05) is 18.2 Å². The van der Waals surface area contributed by atoms with E-state index in [9.17, 15) is 18.0 Å². The zero-order chi connectivity index (χ0) is 23.2. The first kappa shape index (κ1) is 22.5. The van der Waals surface area contributed by atoms with E-state index >= 15 is 0 Å². The molecule has 0 spiro atoms. The number of fused-ring (bicyclic) bond motifs is 1. The Morgan fingerprint density at radius 3 is 2.52 bits per heavy atom.